The van der Waals surface area contributed by atoms with E-state index in [4.69, 9.17) is 14.2 Å². The van der Waals surface area contributed by atoms with Gasteiger partial charge in [0.15, 0.2) is 6.10 Å². The van der Waals surface area contributed by atoms with E-state index in [0.717, 1.165) is 64.2 Å². The standard InChI is InChI=1S/C33H61NO7/c1-6-8-10-12-13-14-15-16-17-18-20-22-24-32(36)41-29(28-40-31(35)23-21-19-11-9-7-2)27-39-26-25-30(33(37)38)34(3,4)5/h13-14,29-30H,6-12,15-28H2,1-5H3/b14-13-. The number of esters is 2. The summed E-state index contributed by atoms with van der Waals surface area (Å²) in [6.07, 6.45) is 21.2. The number of carbonyl (C=O) groups is 3. The molecule has 240 valence electrons. The Morgan fingerprint density at radius 1 is 0.707 bits per heavy atom. The summed E-state index contributed by atoms with van der Waals surface area (Å²) >= 11 is 0. The van der Waals surface area contributed by atoms with Gasteiger partial charge in [0.2, 0.25) is 0 Å². The summed E-state index contributed by atoms with van der Waals surface area (Å²) in [6, 6.07) is -0.719. The molecule has 41 heavy (non-hydrogen) atoms. The Morgan fingerprint density at radius 2 is 1.22 bits per heavy atom. The first-order valence-corrected chi connectivity index (χ1v) is 16.2. The van der Waals surface area contributed by atoms with E-state index in [0.29, 0.717) is 12.8 Å². The average molecular weight is 584 g/mol. The number of hydrogen-bond acceptors (Lipinski definition) is 7. The molecule has 0 aromatic heterocycles. The van der Waals surface area contributed by atoms with Gasteiger partial charge >= 0.3 is 11.9 Å². The lowest BCUT2D eigenvalue weighted by molar-refractivity contribution is -0.889. The van der Waals surface area contributed by atoms with Gasteiger partial charge in [0.25, 0.3) is 0 Å². The highest BCUT2D eigenvalue weighted by Gasteiger charge is 2.25. The molecule has 8 heteroatoms. The molecule has 0 fully saturated rings. The van der Waals surface area contributed by atoms with Crippen LogP contribution in [0.3, 0.4) is 0 Å². The summed E-state index contributed by atoms with van der Waals surface area (Å²) in [7, 11) is 5.37. The molecule has 2 atom stereocenters. The van der Waals surface area contributed by atoms with Gasteiger partial charge in [0, 0.05) is 19.3 Å². The van der Waals surface area contributed by atoms with E-state index in [1.54, 1.807) is 21.1 Å². The van der Waals surface area contributed by atoms with Crippen molar-refractivity contribution in [1.29, 1.82) is 0 Å². The Balaban J connectivity index is 4.46. The smallest absolute Gasteiger partial charge is 0.306 e. The van der Waals surface area contributed by atoms with Crippen LogP contribution in [-0.2, 0) is 28.6 Å². The normalized spacial score (nSPS) is 13.3. The molecule has 0 radical (unpaired) electrons. The molecule has 0 rings (SSSR count). The number of quaternary nitrogens is 1. The van der Waals surface area contributed by atoms with Gasteiger partial charge < -0.3 is 28.6 Å². The Kier molecular flexibility index (Phi) is 24.5. The molecule has 0 heterocycles. The first-order chi connectivity index (χ1) is 19.6. The first kappa shape index (κ1) is 39.1. The number of nitrogens with zero attached hydrogens (tertiary/aromatic N) is 1. The van der Waals surface area contributed by atoms with E-state index >= 15 is 0 Å². The highest BCUT2D eigenvalue weighted by molar-refractivity contribution is 5.70. The van der Waals surface area contributed by atoms with Gasteiger partial charge in [-0.05, 0) is 38.5 Å². The van der Waals surface area contributed by atoms with E-state index in [2.05, 4.69) is 26.0 Å². The maximum absolute atomic E-state index is 12.5. The molecule has 0 bridgehead atoms. The SMILES string of the molecule is CCCCC/C=C\CCCCCCCC(=O)OC(COCCC(C(=O)[O-])[N+](C)(C)C)COC(=O)CCCCCCC. The number of unbranched alkanes of at least 4 members (excludes halogenated alkanes) is 12. The van der Waals surface area contributed by atoms with Crippen molar-refractivity contribution in [2.24, 2.45) is 0 Å². The number of rotatable bonds is 28. The van der Waals surface area contributed by atoms with E-state index in [9.17, 15) is 19.5 Å². The van der Waals surface area contributed by atoms with Crippen LogP contribution in [0.15, 0.2) is 12.2 Å². The zero-order valence-corrected chi connectivity index (χ0v) is 27.0. The highest BCUT2D eigenvalue weighted by atomic mass is 16.6. The first-order valence-electron chi connectivity index (χ1n) is 16.2. The van der Waals surface area contributed by atoms with E-state index in [-0.39, 0.29) is 42.7 Å². The van der Waals surface area contributed by atoms with Gasteiger partial charge in [-0.3, -0.25) is 9.59 Å². The van der Waals surface area contributed by atoms with E-state index < -0.39 is 18.1 Å². The van der Waals surface area contributed by atoms with Crippen LogP contribution in [-0.4, -0.2) is 75.5 Å². The van der Waals surface area contributed by atoms with Crippen molar-refractivity contribution in [3.05, 3.63) is 12.2 Å². The lowest BCUT2D eigenvalue weighted by atomic mass is 10.1. The molecule has 0 aromatic rings. The van der Waals surface area contributed by atoms with Crippen LogP contribution in [0.2, 0.25) is 0 Å². The van der Waals surface area contributed by atoms with Gasteiger partial charge in [-0.1, -0.05) is 83.8 Å². The van der Waals surface area contributed by atoms with Crippen molar-refractivity contribution in [2.45, 2.75) is 142 Å². The minimum absolute atomic E-state index is 0.0401. The molecule has 0 N–H and O–H groups in total. The van der Waals surface area contributed by atoms with Crippen LogP contribution >= 0.6 is 0 Å². The maximum Gasteiger partial charge on any atom is 0.306 e. The topological polar surface area (TPSA) is 102 Å². The quantitative estimate of drug-likeness (QED) is 0.0489. The maximum atomic E-state index is 12.5. The summed E-state index contributed by atoms with van der Waals surface area (Å²) in [5.41, 5.74) is 0. The summed E-state index contributed by atoms with van der Waals surface area (Å²) in [5, 5.41) is 11.5. The molecule has 0 spiro atoms. The molecular weight excluding hydrogens is 522 g/mol. The largest absolute Gasteiger partial charge is 0.544 e. The van der Waals surface area contributed by atoms with Crippen molar-refractivity contribution in [2.75, 3.05) is 41.0 Å². The van der Waals surface area contributed by atoms with Gasteiger partial charge in [-0.15, -0.1) is 0 Å². The zero-order valence-electron chi connectivity index (χ0n) is 27.0. The average Bonchev–Trinajstić information content (AvgIpc) is 2.90. The van der Waals surface area contributed by atoms with E-state index in [1.165, 1.54) is 32.1 Å². The van der Waals surface area contributed by atoms with Gasteiger partial charge in [0.1, 0.15) is 12.6 Å². The van der Waals surface area contributed by atoms with Crippen molar-refractivity contribution in [1.82, 2.24) is 0 Å². The Morgan fingerprint density at radius 3 is 1.80 bits per heavy atom. The molecular formula is C33H61NO7. The fourth-order valence-corrected chi connectivity index (χ4v) is 4.53. The molecule has 0 aliphatic heterocycles. The lowest BCUT2D eigenvalue weighted by Gasteiger charge is -2.34. The molecule has 8 nitrogen and oxygen atoms in total. The lowest BCUT2D eigenvalue weighted by Crippen LogP contribution is -2.55. The highest BCUT2D eigenvalue weighted by Crippen LogP contribution is 2.12. The third-order valence-electron chi connectivity index (χ3n) is 7.15. The fraction of sp³-hybridized carbons (Fsp3) is 0.848. The summed E-state index contributed by atoms with van der Waals surface area (Å²) in [5.74, 6) is -1.76. The van der Waals surface area contributed by atoms with Gasteiger partial charge in [-0.25, -0.2) is 0 Å². The molecule has 0 saturated carbocycles. The second-order valence-electron chi connectivity index (χ2n) is 12.0. The van der Waals surface area contributed by atoms with Crippen molar-refractivity contribution >= 4 is 17.9 Å². The van der Waals surface area contributed by atoms with Crippen LogP contribution in [0.1, 0.15) is 129 Å². The number of ether oxygens (including phenoxy) is 3. The summed E-state index contributed by atoms with van der Waals surface area (Å²) in [4.78, 5) is 36.2. The van der Waals surface area contributed by atoms with Crippen LogP contribution < -0.4 is 5.11 Å². The van der Waals surface area contributed by atoms with Crippen LogP contribution in [0.4, 0.5) is 0 Å². The Labute approximate surface area is 250 Å². The molecule has 0 aliphatic carbocycles. The monoisotopic (exact) mass is 583 g/mol. The minimum Gasteiger partial charge on any atom is -0.544 e. The fourth-order valence-electron chi connectivity index (χ4n) is 4.53. The predicted molar refractivity (Wildman–Crippen MR) is 162 cm³/mol. The molecule has 0 aromatic carbocycles. The minimum atomic E-state index is -1.13. The second-order valence-corrected chi connectivity index (χ2v) is 12.0. The molecule has 0 aliphatic rings. The Hall–Kier alpha value is -1.93. The van der Waals surface area contributed by atoms with Crippen molar-refractivity contribution in [3.8, 4) is 0 Å². The number of carboxylic acids is 1. The third kappa shape index (κ3) is 24.4. The van der Waals surface area contributed by atoms with Crippen LogP contribution in [0.25, 0.3) is 0 Å². The van der Waals surface area contributed by atoms with Crippen molar-refractivity contribution in [3.63, 3.8) is 0 Å². The predicted octanol–water partition coefficient (Wildman–Crippen LogP) is 5.90. The molecule has 0 amide bonds. The number of aliphatic carboxylic acids is 1. The number of carbonyl (C=O) groups excluding carboxylic acids is 3. The number of hydrogen-bond donors (Lipinski definition) is 0. The summed E-state index contributed by atoms with van der Waals surface area (Å²) < 4.78 is 16.9. The molecule has 0 saturated heterocycles. The number of carboxylic acid groups (broad SMARTS) is 1. The van der Waals surface area contributed by atoms with Crippen molar-refractivity contribution < 1.29 is 38.2 Å². The zero-order chi connectivity index (χ0) is 30.8. The van der Waals surface area contributed by atoms with Gasteiger partial charge in [0.05, 0.1) is 40.3 Å². The number of likely N-dealkylation sites (N-methyl/N-ethyl adjacent to an activating group) is 1. The molecule has 2 unspecified atom stereocenters. The number of allylic oxidation sites excluding steroid dienone is 2. The third-order valence-corrected chi connectivity index (χ3v) is 7.15. The van der Waals surface area contributed by atoms with Crippen LogP contribution in [0.5, 0.6) is 0 Å². The van der Waals surface area contributed by atoms with Crippen LogP contribution in [0, 0.1) is 0 Å². The summed E-state index contributed by atoms with van der Waals surface area (Å²) in [6.45, 7) is 4.51. The Bertz CT molecular complexity index is 702. The van der Waals surface area contributed by atoms with E-state index in [1.807, 2.05) is 0 Å². The van der Waals surface area contributed by atoms with Gasteiger partial charge in [-0.2, -0.15) is 0 Å². The second kappa shape index (κ2) is 25.8.